The summed E-state index contributed by atoms with van der Waals surface area (Å²) in [5.74, 6) is 0.663. The molecular formula is C28H21NO2. The SMILES string of the molecule is COc1ccc2c(-c3ccccc3)c(-c3ccccc3)n(-c3ccccc3)c(=O)c2c1. The maximum absolute atomic E-state index is 13.9. The topological polar surface area (TPSA) is 31.2 Å². The highest BCUT2D eigenvalue weighted by molar-refractivity contribution is 6.03. The van der Waals surface area contributed by atoms with Gasteiger partial charge in [-0.25, -0.2) is 0 Å². The van der Waals surface area contributed by atoms with E-state index in [9.17, 15) is 4.79 Å². The first-order chi connectivity index (χ1) is 15.3. The monoisotopic (exact) mass is 403 g/mol. The van der Waals surface area contributed by atoms with E-state index in [0.717, 1.165) is 33.5 Å². The first-order valence-corrected chi connectivity index (χ1v) is 10.2. The third kappa shape index (κ3) is 3.30. The van der Waals surface area contributed by atoms with Gasteiger partial charge in [-0.1, -0.05) is 78.9 Å². The van der Waals surface area contributed by atoms with Crippen molar-refractivity contribution >= 4 is 10.8 Å². The Morgan fingerprint density at radius 1 is 0.645 bits per heavy atom. The predicted octanol–water partition coefficient (Wildman–Crippen LogP) is 6.33. The van der Waals surface area contributed by atoms with E-state index >= 15 is 0 Å². The van der Waals surface area contributed by atoms with Gasteiger partial charge >= 0.3 is 0 Å². The van der Waals surface area contributed by atoms with Gasteiger partial charge in [0, 0.05) is 11.3 Å². The molecule has 150 valence electrons. The molecule has 0 saturated heterocycles. The summed E-state index contributed by atoms with van der Waals surface area (Å²) >= 11 is 0. The van der Waals surface area contributed by atoms with Crippen LogP contribution in [0.2, 0.25) is 0 Å². The Hall–Kier alpha value is -4.11. The highest BCUT2D eigenvalue weighted by atomic mass is 16.5. The van der Waals surface area contributed by atoms with E-state index < -0.39 is 0 Å². The van der Waals surface area contributed by atoms with Gasteiger partial charge < -0.3 is 4.74 Å². The molecule has 5 aromatic rings. The second-order valence-corrected chi connectivity index (χ2v) is 7.34. The Labute approximate surface area is 180 Å². The average Bonchev–Trinajstić information content (AvgIpc) is 2.85. The number of hydrogen-bond acceptors (Lipinski definition) is 2. The molecule has 0 radical (unpaired) electrons. The summed E-state index contributed by atoms with van der Waals surface area (Å²) in [5, 5.41) is 1.53. The van der Waals surface area contributed by atoms with E-state index in [1.165, 1.54) is 0 Å². The van der Waals surface area contributed by atoms with Crippen molar-refractivity contribution in [2.24, 2.45) is 0 Å². The van der Waals surface area contributed by atoms with Gasteiger partial charge in [-0.15, -0.1) is 0 Å². The number of pyridine rings is 1. The highest BCUT2D eigenvalue weighted by Gasteiger charge is 2.20. The van der Waals surface area contributed by atoms with Crippen LogP contribution < -0.4 is 10.3 Å². The number of nitrogens with zero attached hydrogens (tertiary/aromatic N) is 1. The summed E-state index contributed by atoms with van der Waals surface area (Å²) in [7, 11) is 1.62. The molecule has 1 heterocycles. The molecule has 0 N–H and O–H groups in total. The molecule has 0 amide bonds. The fourth-order valence-electron chi connectivity index (χ4n) is 4.10. The van der Waals surface area contributed by atoms with Gasteiger partial charge in [0.05, 0.1) is 18.2 Å². The van der Waals surface area contributed by atoms with Crippen molar-refractivity contribution < 1.29 is 4.74 Å². The Morgan fingerprint density at radius 3 is 1.84 bits per heavy atom. The second-order valence-electron chi connectivity index (χ2n) is 7.34. The Balaban J connectivity index is 2.03. The molecule has 0 aliphatic heterocycles. The second kappa shape index (κ2) is 7.96. The summed E-state index contributed by atoms with van der Waals surface area (Å²) in [6.07, 6.45) is 0. The molecule has 0 fully saturated rings. The fraction of sp³-hybridized carbons (Fsp3) is 0.0357. The van der Waals surface area contributed by atoms with Crippen molar-refractivity contribution in [1.29, 1.82) is 0 Å². The number of aromatic nitrogens is 1. The van der Waals surface area contributed by atoms with Crippen molar-refractivity contribution in [2.45, 2.75) is 0 Å². The lowest BCUT2D eigenvalue weighted by Gasteiger charge is -2.21. The number of para-hydroxylation sites is 1. The summed E-state index contributed by atoms with van der Waals surface area (Å²) in [6.45, 7) is 0. The number of ether oxygens (including phenoxy) is 1. The standard InChI is InChI=1S/C28H21NO2/c1-31-23-17-18-24-25(19-23)28(30)29(22-15-9-4-10-16-22)27(21-13-7-3-8-14-21)26(24)20-11-5-2-6-12-20/h2-19H,1H3. The van der Waals surface area contributed by atoms with Gasteiger partial charge in [0.25, 0.3) is 5.56 Å². The minimum atomic E-state index is -0.0707. The van der Waals surface area contributed by atoms with Gasteiger partial charge in [-0.05, 0) is 46.8 Å². The zero-order valence-electron chi connectivity index (χ0n) is 17.2. The summed E-state index contributed by atoms with van der Waals surface area (Å²) in [6, 6.07) is 35.9. The quantitative estimate of drug-likeness (QED) is 0.351. The van der Waals surface area contributed by atoms with Crippen molar-refractivity contribution in [3.8, 4) is 33.8 Å². The summed E-state index contributed by atoms with van der Waals surface area (Å²) < 4.78 is 7.25. The molecule has 0 unspecified atom stereocenters. The summed E-state index contributed by atoms with van der Waals surface area (Å²) in [4.78, 5) is 13.9. The van der Waals surface area contributed by atoms with Crippen LogP contribution in [0.4, 0.5) is 0 Å². The van der Waals surface area contributed by atoms with Crippen LogP contribution in [-0.2, 0) is 0 Å². The van der Waals surface area contributed by atoms with E-state index in [1.54, 1.807) is 7.11 Å². The van der Waals surface area contributed by atoms with Crippen LogP contribution in [0.1, 0.15) is 0 Å². The molecular weight excluding hydrogens is 382 g/mol. The highest BCUT2D eigenvalue weighted by Crippen LogP contribution is 2.38. The Morgan fingerprint density at radius 2 is 1.23 bits per heavy atom. The zero-order chi connectivity index (χ0) is 21.2. The van der Waals surface area contributed by atoms with E-state index in [1.807, 2.05) is 89.5 Å². The lowest BCUT2D eigenvalue weighted by molar-refractivity contribution is 0.415. The van der Waals surface area contributed by atoms with E-state index in [4.69, 9.17) is 4.74 Å². The van der Waals surface area contributed by atoms with Gasteiger partial charge in [0.1, 0.15) is 5.75 Å². The van der Waals surface area contributed by atoms with Crippen LogP contribution in [0.25, 0.3) is 38.8 Å². The molecule has 0 bridgehead atoms. The predicted molar refractivity (Wildman–Crippen MR) is 127 cm³/mol. The molecule has 0 aliphatic carbocycles. The molecule has 5 rings (SSSR count). The molecule has 31 heavy (non-hydrogen) atoms. The van der Waals surface area contributed by atoms with E-state index in [-0.39, 0.29) is 5.56 Å². The van der Waals surface area contributed by atoms with Gasteiger partial charge in [-0.3, -0.25) is 9.36 Å². The minimum absolute atomic E-state index is 0.0707. The smallest absolute Gasteiger partial charge is 0.263 e. The van der Waals surface area contributed by atoms with Gasteiger partial charge in [-0.2, -0.15) is 0 Å². The fourth-order valence-corrected chi connectivity index (χ4v) is 4.10. The van der Waals surface area contributed by atoms with E-state index in [0.29, 0.717) is 11.1 Å². The van der Waals surface area contributed by atoms with Crippen molar-refractivity contribution in [2.75, 3.05) is 7.11 Å². The number of rotatable bonds is 4. The summed E-state index contributed by atoms with van der Waals surface area (Å²) in [5.41, 5.74) is 4.70. The lowest BCUT2D eigenvalue weighted by Crippen LogP contribution is -2.21. The first-order valence-electron chi connectivity index (χ1n) is 10.2. The molecule has 3 nitrogen and oxygen atoms in total. The molecule has 0 aliphatic rings. The Bertz CT molecular complexity index is 1410. The number of benzene rings is 4. The van der Waals surface area contributed by atoms with Crippen LogP contribution >= 0.6 is 0 Å². The number of methoxy groups -OCH3 is 1. The molecule has 0 spiro atoms. The van der Waals surface area contributed by atoms with Crippen LogP contribution in [0.3, 0.4) is 0 Å². The maximum Gasteiger partial charge on any atom is 0.263 e. The van der Waals surface area contributed by atoms with Crippen LogP contribution in [0.15, 0.2) is 114 Å². The first kappa shape index (κ1) is 18.9. The van der Waals surface area contributed by atoms with Crippen molar-refractivity contribution in [1.82, 2.24) is 4.57 Å². The van der Waals surface area contributed by atoms with Crippen LogP contribution in [0, 0.1) is 0 Å². The zero-order valence-corrected chi connectivity index (χ0v) is 17.2. The largest absolute Gasteiger partial charge is 0.497 e. The normalized spacial score (nSPS) is 10.9. The molecule has 0 atom stereocenters. The van der Waals surface area contributed by atoms with Crippen molar-refractivity contribution in [3.05, 3.63) is 120 Å². The number of hydrogen-bond donors (Lipinski definition) is 0. The minimum Gasteiger partial charge on any atom is -0.497 e. The Kier molecular flexibility index (Phi) is 4.85. The van der Waals surface area contributed by atoms with Crippen LogP contribution in [0.5, 0.6) is 5.75 Å². The molecule has 3 heteroatoms. The van der Waals surface area contributed by atoms with E-state index in [2.05, 4.69) is 24.3 Å². The average molecular weight is 403 g/mol. The molecule has 4 aromatic carbocycles. The molecule has 1 aromatic heterocycles. The maximum atomic E-state index is 13.9. The van der Waals surface area contributed by atoms with Crippen molar-refractivity contribution in [3.63, 3.8) is 0 Å². The van der Waals surface area contributed by atoms with Gasteiger partial charge in [0.2, 0.25) is 0 Å². The van der Waals surface area contributed by atoms with Crippen LogP contribution in [-0.4, -0.2) is 11.7 Å². The lowest BCUT2D eigenvalue weighted by atomic mass is 9.93. The molecule has 0 saturated carbocycles. The third-order valence-electron chi connectivity index (χ3n) is 5.51. The van der Waals surface area contributed by atoms with Gasteiger partial charge in [0.15, 0.2) is 0 Å². The third-order valence-corrected chi connectivity index (χ3v) is 5.51. The number of fused-ring (bicyclic) bond motifs is 1.